The molecule has 9 heteroatoms. The summed E-state index contributed by atoms with van der Waals surface area (Å²) >= 11 is 0. The van der Waals surface area contributed by atoms with E-state index in [1.165, 1.54) is 24.3 Å². The molecule has 0 aliphatic carbocycles. The van der Waals surface area contributed by atoms with Crippen molar-refractivity contribution >= 4 is 18.0 Å². The maximum absolute atomic E-state index is 13.6. The molecule has 0 saturated carbocycles. The Bertz CT molecular complexity index is 1330. The van der Waals surface area contributed by atoms with Crippen molar-refractivity contribution in [3.05, 3.63) is 125 Å². The highest BCUT2D eigenvalue weighted by Gasteiger charge is 2.49. The molecule has 0 amide bonds. The summed E-state index contributed by atoms with van der Waals surface area (Å²) in [5.74, 6) is -3.76. The Kier molecular flexibility index (Phi) is 8.98. The van der Waals surface area contributed by atoms with Crippen LogP contribution in [-0.4, -0.2) is 67.0 Å². The fourth-order valence-electron chi connectivity index (χ4n) is 4.91. The maximum atomic E-state index is 13.6. The summed E-state index contributed by atoms with van der Waals surface area (Å²) in [6.45, 7) is 2.17. The van der Waals surface area contributed by atoms with Gasteiger partial charge in [0.25, 0.3) is 0 Å². The van der Waals surface area contributed by atoms with Crippen LogP contribution >= 0.6 is 0 Å². The minimum absolute atomic E-state index is 0.143. The predicted octanol–water partition coefficient (Wildman–Crippen LogP) is 4.71. The van der Waals surface area contributed by atoms with Gasteiger partial charge in [0.1, 0.15) is 17.7 Å². The fourth-order valence-corrected chi connectivity index (χ4v) is 4.91. The van der Waals surface area contributed by atoms with E-state index in [-0.39, 0.29) is 31.3 Å². The van der Waals surface area contributed by atoms with E-state index in [4.69, 9.17) is 14.2 Å². The third-order valence-electron chi connectivity index (χ3n) is 6.93. The van der Waals surface area contributed by atoms with Crippen LogP contribution in [0.1, 0.15) is 22.8 Å². The molecule has 0 bridgehead atoms. The van der Waals surface area contributed by atoms with E-state index in [1.807, 2.05) is 47.4 Å². The van der Waals surface area contributed by atoms with Gasteiger partial charge in [-0.3, -0.25) is 4.90 Å². The molecule has 2 aliphatic heterocycles. The molecule has 5 rings (SSSR count). The lowest BCUT2D eigenvalue weighted by Crippen LogP contribution is -2.66. The maximum Gasteiger partial charge on any atom is 0.335 e. The van der Waals surface area contributed by atoms with Crippen LogP contribution in [0.5, 0.6) is 0 Å². The van der Waals surface area contributed by atoms with Gasteiger partial charge in [0.05, 0.1) is 13.2 Å². The largest absolute Gasteiger partial charge is 0.404 e. The molecule has 3 aromatic carbocycles. The van der Waals surface area contributed by atoms with Gasteiger partial charge in [-0.05, 0) is 41.0 Å². The Morgan fingerprint density at radius 1 is 0.829 bits per heavy atom. The second-order valence-electron chi connectivity index (χ2n) is 9.78. The Labute approximate surface area is 237 Å². The first-order valence-corrected chi connectivity index (χ1v) is 13.4. The van der Waals surface area contributed by atoms with E-state index in [1.54, 1.807) is 29.2 Å². The standard InChI is InChI=1S/C32H30F2N2O5/c33-27-12-8-25(9-13-27)31(26-10-14-28(34)15-11-26)39-22-21-36-20-19-35(18-4-7-24-5-2-1-3-6-24)23-32(36)40-29(37)16-17-30(38)41-32/h1-17,31H,18-23H2/b7-4+. The van der Waals surface area contributed by atoms with Gasteiger partial charge in [-0.2, -0.15) is 0 Å². The molecule has 212 valence electrons. The highest BCUT2D eigenvalue weighted by atomic mass is 19.1. The summed E-state index contributed by atoms with van der Waals surface area (Å²) in [7, 11) is 0. The average molecular weight is 561 g/mol. The number of benzene rings is 3. The van der Waals surface area contributed by atoms with E-state index >= 15 is 0 Å². The molecule has 41 heavy (non-hydrogen) atoms. The van der Waals surface area contributed by atoms with E-state index in [9.17, 15) is 18.4 Å². The van der Waals surface area contributed by atoms with Crippen LogP contribution in [0.15, 0.2) is 97.1 Å². The second kappa shape index (κ2) is 13.0. The lowest BCUT2D eigenvalue weighted by Gasteiger charge is -2.47. The van der Waals surface area contributed by atoms with Gasteiger partial charge in [0.2, 0.25) is 0 Å². The number of carbonyl (C=O) groups is 2. The predicted molar refractivity (Wildman–Crippen MR) is 148 cm³/mol. The van der Waals surface area contributed by atoms with Crippen LogP contribution in [0.4, 0.5) is 8.78 Å². The number of nitrogens with zero attached hydrogens (tertiary/aromatic N) is 2. The van der Waals surface area contributed by atoms with E-state index < -0.39 is 24.0 Å². The zero-order valence-corrected chi connectivity index (χ0v) is 22.3. The van der Waals surface area contributed by atoms with Crippen LogP contribution in [0.3, 0.4) is 0 Å². The Morgan fingerprint density at radius 3 is 2.00 bits per heavy atom. The SMILES string of the molecule is O=C1C=CC(=O)OC2(CN(C/C=C/c3ccccc3)CCN2CCOC(c2ccc(F)cc2)c2ccc(F)cc2)O1. The Morgan fingerprint density at radius 2 is 1.41 bits per heavy atom. The van der Waals surface area contributed by atoms with Crippen LogP contribution in [0.2, 0.25) is 0 Å². The number of ether oxygens (including phenoxy) is 3. The number of halogens is 2. The van der Waals surface area contributed by atoms with Gasteiger partial charge < -0.3 is 14.2 Å². The number of hydrogen-bond acceptors (Lipinski definition) is 7. The number of rotatable bonds is 9. The Balaban J connectivity index is 1.30. The number of carbonyl (C=O) groups excluding carboxylic acids is 2. The van der Waals surface area contributed by atoms with Crippen molar-refractivity contribution in [3.63, 3.8) is 0 Å². The zero-order chi connectivity index (χ0) is 28.7. The monoisotopic (exact) mass is 560 g/mol. The summed E-state index contributed by atoms with van der Waals surface area (Å²) < 4.78 is 44.9. The first-order valence-electron chi connectivity index (χ1n) is 13.4. The first-order chi connectivity index (χ1) is 19.9. The Hall–Kier alpha value is -4.18. The van der Waals surface area contributed by atoms with Gasteiger partial charge in [0.15, 0.2) is 0 Å². The molecular formula is C32H30F2N2O5. The lowest BCUT2D eigenvalue weighted by molar-refractivity contribution is -0.300. The number of esters is 2. The van der Waals surface area contributed by atoms with Crippen molar-refractivity contribution in [3.8, 4) is 0 Å². The van der Waals surface area contributed by atoms with Crippen molar-refractivity contribution in [1.29, 1.82) is 0 Å². The molecule has 1 fully saturated rings. The first kappa shape index (κ1) is 28.4. The highest BCUT2D eigenvalue weighted by Crippen LogP contribution is 2.30. The molecule has 0 aromatic heterocycles. The summed E-state index contributed by atoms with van der Waals surface area (Å²) in [5.41, 5.74) is 2.45. The number of hydrogen-bond donors (Lipinski definition) is 0. The van der Waals surface area contributed by atoms with Gasteiger partial charge in [-0.25, -0.2) is 23.3 Å². The summed E-state index contributed by atoms with van der Waals surface area (Å²) in [4.78, 5) is 28.8. The smallest absolute Gasteiger partial charge is 0.335 e. The molecular weight excluding hydrogens is 530 g/mol. The third-order valence-corrected chi connectivity index (χ3v) is 6.93. The topological polar surface area (TPSA) is 68.3 Å². The fraction of sp³-hybridized carbons (Fsp3) is 0.250. The minimum Gasteiger partial charge on any atom is -0.404 e. The van der Waals surface area contributed by atoms with Crippen molar-refractivity contribution < 1.29 is 32.6 Å². The molecule has 0 radical (unpaired) electrons. The van der Waals surface area contributed by atoms with Gasteiger partial charge >= 0.3 is 17.8 Å². The van der Waals surface area contributed by atoms with Crippen molar-refractivity contribution in [2.45, 2.75) is 12.0 Å². The van der Waals surface area contributed by atoms with Gasteiger partial charge in [-0.15, -0.1) is 0 Å². The average Bonchev–Trinajstić information content (AvgIpc) is 3.11. The van der Waals surface area contributed by atoms with Crippen LogP contribution in [0.25, 0.3) is 6.08 Å². The summed E-state index contributed by atoms with van der Waals surface area (Å²) in [6, 6.07) is 21.7. The van der Waals surface area contributed by atoms with Gasteiger partial charge in [0, 0.05) is 38.3 Å². The normalized spacial score (nSPS) is 17.6. The quantitative estimate of drug-likeness (QED) is 0.351. The third kappa shape index (κ3) is 7.32. The van der Waals surface area contributed by atoms with Crippen LogP contribution < -0.4 is 0 Å². The van der Waals surface area contributed by atoms with E-state index in [0.717, 1.165) is 17.7 Å². The molecule has 2 heterocycles. The second-order valence-corrected chi connectivity index (χ2v) is 9.78. The molecule has 3 aromatic rings. The molecule has 2 aliphatic rings. The number of piperazine rings is 1. The molecule has 0 atom stereocenters. The minimum atomic E-state index is -1.64. The van der Waals surface area contributed by atoms with Gasteiger partial charge in [-0.1, -0.05) is 66.7 Å². The molecule has 0 N–H and O–H groups in total. The van der Waals surface area contributed by atoms with Crippen LogP contribution in [-0.2, 0) is 23.8 Å². The molecule has 1 saturated heterocycles. The molecule has 1 spiro atoms. The lowest BCUT2D eigenvalue weighted by atomic mass is 10.0. The summed E-state index contributed by atoms with van der Waals surface area (Å²) in [6.07, 6.45) is 5.52. The van der Waals surface area contributed by atoms with Crippen molar-refractivity contribution in [2.24, 2.45) is 0 Å². The highest BCUT2D eigenvalue weighted by molar-refractivity contribution is 5.93. The molecule has 0 unspecified atom stereocenters. The summed E-state index contributed by atoms with van der Waals surface area (Å²) in [5, 5.41) is 0. The zero-order valence-electron chi connectivity index (χ0n) is 22.3. The van der Waals surface area contributed by atoms with E-state index in [2.05, 4.69) is 0 Å². The van der Waals surface area contributed by atoms with Crippen molar-refractivity contribution in [1.82, 2.24) is 9.80 Å². The van der Waals surface area contributed by atoms with Crippen LogP contribution in [0, 0.1) is 11.6 Å². The van der Waals surface area contributed by atoms with Crippen molar-refractivity contribution in [2.75, 3.05) is 39.3 Å². The molecule has 7 nitrogen and oxygen atoms in total. The van der Waals surface area contributed by atoms with E-state index in [0.29, 0.717) is 30.8 Å².